The quantitative estimate of drug-likeness (QED) is 0.680. The van der Waals surface area contributed by atoms with E-state index in [0.717, 1.165) is 11.1 Å². The Morgan fingerprint density at radius 2 is 1.80 bits per heavy atom. The van der Waals surface area contributed by atoms with Crippen LogP contribution in [0.5, 0.6) is 0 Å². The molecule has 0 saturated heterocycles. The zero-order valence-electron chi connectivity index (χ0n) is 16.1. The maximum atomic E-state index is 13.2. The third-order valence-electron chi connectivity index (χ3n) is 5.03. The van der Waals surface area contributed by atoms with Gasteiger partial charge < -0.3 is 4.90 Å². The number of hydrogen-bond acceptors (Lipinski definition) is 4. The summed E-state index contributed by atoms with van der Waals surface area (Å²) in [5, 5.41) is 0. The number of pyridine rings is 1. The van der Waals surface area contributed by atoms with Crippen LogP contribution in [0.2, 0.25) is 0 Å². The van der Waals surface area contributed by atoms with Crippen molar-refractivity contribution in [2.45, 2.75) is 24.3 Å². The zero-order valence-corrected chi connectivity index (χ0v) is 16.9. The number of sulfonamides is 1. The van der Waals surface area contributed by atoms with Gasteiger partial charge in [-0.15, -0.1) is 0 Å². The summed E-state index contributed by atoms with van der Waals surface area (Å²) in [5.41, 5.74) is 2.68. The maximum absolute atomic E-state index is 13.2. The minimum absolute atomic E-state index is 0.159. The number of fused-ring (bicyclic) bond motifs is 1. The molecule has 1 amide bonds. The first-order chi connectivity index (χ1) is 14.4. The van der Waals surface area contributed by atoms with Gasteiger partial charge >= 0.3 is 0 Å². The third kappa shape index (κ3) is 4.24. The Hall–Kier alpha value is -3.10. The number of hydrogen-bond donors (Lipinski definition) is 1. The van der Waals surface area contributed by atoms with Crippen molar-refractivity contribution in [1.82, 2.24) is 9.71 Å². The number of aryl methyl sites for hydroxylation is 1. The van der Waals surface area contributed by atoms with Gasteiger partial charge in [-0.25, -0.2) is 17.5 Å². The van der Waals surface area contributed by atoms with Crippen LogP contribution in [0.4, 0.5) is 10.1 Å². The second-order valence-corrected chi connectivity index (χ2v) is 8.80. The van der Waals surface area contributed by atoms with E-state index in [4.69, 9.17) is 0 Å². The third-order valence-corrected chi connectivity index (χ3v) is 6.43. The number of nitrogens with one attached hydrogen (secondary N) is 1. The molecule has 0 atom stereocenters. The number of carbonyl (C=O) groups excluding carboxylic acids is 1. The van der Waals surface area contributed by atoms with Crippen LogP contribution in [0.15, 0.2) is 71.9 Å². The largest absolute Gasteiger partial charge is 0.308 e. The summed E-state index contributed by atoms with van der Waals surface area (Å²) in [5.74, 6) is -0.637. The Kier molecular flexibility index (Phi) is 5.61. The molecule has 0 bridgehead atoms. The van der Waals surface area contributed by atoms with Crippen LogP contribution < -0.4 is 9.62 Å². The Morgan fingerprint density at radius 3 is 2.53 bits per heavy atom. The molecule has 1 N–H and O–H groups in total. The predicted molar refractivity (Wildman–Crippen MR) is 111 cm³/mol. The molecule has 1 aromatic heterocycles. The van der Waals surface area contributed by atoms with Crippen molar-refractivity contribution in [1.29, 1.82) is 0 Å². The minimum atomic E-state index is -3.70. The lowest BCUT2D eigenvalue weighted by Gasteiger charge is -2.30. The number of amides is 1. The average molecular weight is 425 g/mol. The monoisotopic (exact) mass is 425 g/mol. The first kappa shape index (κ1) is 20.2. The van der Waals surface area contributed by atoms with E-state index < -0.39 is 15.8 Å². The molecule has 1 aliphatic rings. The number of nitrogens with zero attached hydrogens (tertiary/aromatic N) is 2. The number of anilines is 1. The van der Waals surface area contributed by atoms with E-state index in [1.807, 2.05) is 0 Å². The molecule has 0 fully saturated rings. The molecule has 6 nitrogen and oxygen atoms in total. The summed E-state index contributed by atoms with van der Waals surface area (Å²) in [6.45, 7) is 0.687. The first-order valence-electron chi connectivity index (χ1n) is 9.53. The van der Waals surface area contributed by atoms with E-state index in [0.29, 0.717) is 30.6 Å². The van der Waals surface area contributed by atoms with Gasteiger partial charge in [0, 0.05) is 36.7 Å². The van der Waals surface area contributed by atoms with E-state index in [-0.39, 0.29) is 17.3 Å². The molecular weight excluding hydrogens is 405 g/mol. The Balaban J connectivity index is 1.57. The van der Waals surface area contributed by atoms with Crippen LogP contribution in [0.1, 0.15) is 27.9 Å². The average Bonchev–Trinajstić information content (AvgIpc) is 2.78. The normalized spacial score (nSPS) is 13.7. The van der Waals surface area contributed by atoms with Crippen LogP contribution in [0, 0.1) is 5.82 Å². The molecular formula is C22H20FN3O3S. The molecule has 3 aromatic rings. The summed E-state index contributed by atoms with van der Waals surface area (Å²) < 4.78 is 41.2. The molecule has 154 valence electrons. The molecule has 30 heavy (non-hydrogen) atoms. The van der Waals surface area contributed by atoms with Crippen molar-refractivity contribution in [3.05, 3.63) is 89.5 Å². The van der Waals surface area contributed by atoms with Crippen LogP contribution >= 0.6 is 0 Å². The molecule has 1 aliphatic heterocycles. The van der Waals surface area contributed by atoms with Crippen molar-refractivity contribution in [3.63, 3.8) is 0 Å². The highest BCUT2D eigenvalue weighted by Crippen LogP contribution is 2.30. The number of aromatic nitrogens is 1. The van der Waals surface area contributed by atoms with Crippen molar-refractivity contribution < 1.29 is 17.6 Å². The second-order valence-electron chi connectivity index (χ2n) is 7.04. The van der Waals surface area contributed by atoms with Crippen molar-refractivity contribution in [2.75, 3.05) is 11.4 Å². The fourth-order valence-corrected chi connectivity index (χ4v) is 4.53. The van der Waals surface area contributed by atoms with Crippen LogP contribution in [0.25, 0.3) is 0 Å². The first-order valence-corrected chi connectivity index (χ1v) is 11.0. The van der Waals surface area contributed by atoms with Crippen molar-refractivity contribution in [2.24, 2.45) is 0 Å². The summed E-state index contributed by atoms with van der Waals surface area (Å²) in [4.78, 5) is 18.6. The molecule has 8 heteroatoms. The molecule has 0 unspecified atom stereocenters. The standard InChI is InChI=1S/C22H20FN3O3S/c23-19-5-3-17(4-6-19)22(27)26-13-1-2-18-14-20(7-8-21(18)26)30(28,29)25-15-16-9-11-24-12-10-16/h3-12,14,25H,1-2,13,15H2. The van der Waals surface area contributed by atoms with Crippen molar-refractivity contribution >= 4 is 21.6 Å². The molecule has 2 aromatic carbocycles. The van der Waals surface area contributed by atoms with Gasteiger partial charge in [0.15, 0.2) is 0 Å². The van der Waals surface area contributed by atoms with Gasteiger partial charge in [0.25, 0.3) is 5.91 Å². The van der Waals surface area contributed by atoms with Crippen LogP contribution in [0.3, 0.4) is 0 Å². The minimum Gasteiger partial charge on any atom is -0.308 e. The Morgan fingerprint density at radius 1 is 1.07 bits per heavy atom. The zero-order chi connectivity index (χ0) is 21.1. The molecule has 0 radical (unpaired) electrons. The highest BCUT2D eigenvalue weighted by atomic mass is 32.2. The number of rotatable bonds is 5. The van der Waals surface area contributed by atoms with E-state index in [9.17, 15) is 17.6 Å². The number of carbonyl (C=O) groups is 1. The van der Waals surface area contributed by atoms with Gasteiger partial charge in [-0.1, -0.05) is 0 Å². The molecule has 0 spiro atoms. The Bertz CT molecular complexity index is 1170. The predicted octanol–water partition coefficient (Wildman–Crippen LogP) is 3.29. The van der Waals surface area contributed by atoms with E-state index in [1.165, 1.54) is 30.3 Å². The summed E-state index contributed by atoms with van der Waals surface area (Å²) in [6.07, 6.45) is 4.61. The Labute approximate surface area is 174 Å². The van der Waals surface area contributed by atoms with E-state index in [2.05, 4.69) is 9.71 Å². The van der Waals surface area contributed by atoms with Gasteiger partial charge in [0.2, 0.25) is 10.0 Å². The summed E-state index contributed by atoms with van der Waals surface area (Å²) in [6, 6.07) is 13.7. The van der Waals surface area contributed by atoms with Gasteiger partial charge in [-0.05, 0) is 78.6 Å². The van der Waals surface area contributed by atoms with Crippen LogP contribution in [-0.4, -0.2) is 25.9 Å². The molecule has 0 aliphatic carbocycles. The van der Waals surface area contributed by atoms with Crippen molar-refractivity contribution in [3.8, 4) is 0 Å². The van der Waals surface area contributed by atoms with Gasteiger partial charge in [0.1, 0.15) is 5.82 Å². The topological polar surface area (TPSA) is 79.4 Å². The molecule has 2 heterocycles. The summed E-state index contributed by atoms with van der Waals surface area (Å²) in [7, 11) is -3.70. The highest BCUT2D eigenvalue weighted by molar-refractivity contribution is 7.89. The lowest BCUT2D eigenvalue weighted by atomic mass is 10.0. The van der Waals surface area contributed by atoms with Gasteiger partial charge in [0.05, 0.1) is 4.90 Å². The fraction of sp³-hybridized carbons (Fsp3) is 0.182. The lowest BCUT2D eigenvalue weighted by Crippen LogP contribution is -2.35. The smallest absolute Gasteiger partial charge is 0.258 e. The van der Waals surface area contributed by atoms with E-state index in [1.54, 1.807) is 41.6 Å². The number of halogens is 1. The fourth-order valence-electron chi connectivity index (χ4n) is 3.46. The van der Waals surface area contributed by atoms with E-state index >= 15 is 0 Å². The summed E-state index contributed by atoms with van der Waals surface area (Å²) >= 11 is 0. The highest BCUT2D eigenvalue weighted by Gasteiger charge is 2.25. The maximum Gasteiger partial charge on any atom is 0.258 e. The van der Waals surface area contributed by atoms with Gasteiger partial charge in [-0.3, -0.25) is 9.78 Å². The number of benzene rings is 2. The lowest BCUT2D eigenvalue weighted by molar-refractivity contribution is 0.0985. The SMILES string of the molecule is O=C(c1ccc(F)cc1)N1CCCc2cc(S(=O)(=O)NCc3ccncc3)ccc21. The van der Waals surface area contributed by atoms with Gasteiger partial charge in [-0.2, -0.15) is 0 Å². The van der Waals surface area contributed by atoms with Crippen LogP contribution in [-0.2, 0) is 23.0 Å². The molecule has 4 rings (SSSR count). The second kappa shape index (κ2) is 8.33. The molecule has 0 saturated carbocycles.